The fourth-order valence-electron chi connectivity index (χ4n) is 2.83. The molecule has 0 amide bonds. The van der Waals surface area contributed by atoms with Gasteiger partial charge in [0.05, 0.1) is 0 Å². The summed E-state index contributed by atoms with van der Waals surface area (Å²) in [5.41, 5.74) is 1.04. The predicted octanol–water partition coefficient (Wildman–Crippen LogP) is 3.09. The first-order valence-electron chi connectivity index (χ1n) is 7.57. The van der Waals surface area contributed by atoms with Gasteiger partial charge < -0.3 is 0 Å². The Labute approximate surface area is 175 Å². The molecule has 10 heteroatoms. The summed E-state index contributed by atoms with van der Waals surface area (Å²) < 4.78 is 27.3. The molecule has 1 aliphatic carbocycles. The van der Waals surface area contributed by atoms with Crippen LogP contribution in [0.25, 0.3) is 0 Å². The van der Waals surface area contributed by atoms with Gasteiger partial charge >= 0.3 is 137 Å². The maximum Gasteiger partial charge on any atom is 0.180 e. The summed E-state index contributed by atoms with van der Waals surface area (Å²) in [5.74, 6) is 0. The summed E-state index contributed by atoms with van der Waals surface area (Å²) in [6.45, 7) is 4.12. The van der Waals surface area contributed by atoms with Gasteiger partial charge in [0.25, 0.3) is 0 Å². The van der Waals surface area contributed by atoms with Gasteiger partial charge in [-0.25, -0.2) is 0 Å². The smallest absolute Gasteiger partial charge is 0.0874 e. The third-order valence-electron chi connectivity index (χ3n) is 4.24. The first kappa shape index (κ1) is 22.3. The van der Waals surface area contributed by atoms with Crippen molar-refractivity contribution >= 4 is 71.1 Å². The number of hydrogen-bond acceptors (Lipinski definition) is 3. The summed E-state index contributed by atoms with van der Waals surface area (Å²) in [4.78, 5) is 0.743. The second-order valence-electron chi connectivity index (χ2n) is 6.27. The molecule has 0 spiro atoms. The normalized spacial score (nSPS) is 31.6. The molecule has 2 fully saturated rings. The zero-order valence-corrected chi connectivity index (χ0v) is 20.2. The molecule has 142 valence electrons. The Kier molecular flexibility index (Phi) is 8.02. The number of fused-ring (bicyclic) bond motifs is 2. The molecular weight excluding hydrogens is 539 g/mol. The van der Waals surface area contributed by atoms with Gasteiger partial charge in [-0.05, 0) is 0 Å². The molecule has 0 radical (unpaired) electrons. The van der Waals surface area contributed by atoms with Crippen LogP contribution in [0.1, 0.15) is 25.3 Å². The van der Waals surface area contributed by atoms with E-state index in [1.165, 1.54) is 0 Å². The van der Waals surface area contributed by atoms with E-state index in [-0.39, 0.29) is 16.5 Å². The van der Waals surface area contributed by atoms with Gasteiger partial charge in [0.1, 0.15) is 0 Å². The van der Waals surface area contributed by atoms with Crippen LogP contribution in [-0.4, -0.2) is 56.2 Å². The number of alkyl halides is 3. The average Bonchev–Trinajstić information content (AvgIpc) is 2.85. The molecule has 2 aliphatic rings. The van der Waals surface area contributed by atoms with Gasteiger partial charge in [-0.1, -0.05) is 34.8 Å². The molecule has 25 heavy (non-hydrogen) atoms. The number of hydrogen-bond donors (Lipinski definition) is 2. The Morgan fingerprint density at radius 3 is 2.40 bits per heavy atom. The topological polar surface area (TPSA) is 66.4 Å². The van der Waals surface area contributed by atoms with Crippen LogP contribution >= 0.6 is 34.8 Å². The van der Waals surface area contributed by atoms with Gasteiger partial charge in [0, 0.05) is 0 Å². The van der Waals surface area contributed by atoms with Gasteiger partial charge in [0.2, 0.25) is 0 Å². The van der Waals surface area contributed by atoms with Gasteiger partial charge in [-0.2, -0.15) is 0 Å². The van der Waals surface area contributed by atoms with Crippen LogP contribution in [0.2, 0.25) is 9.13 Å². The van der Waals surface area contributed by atoms with Crippen molar-refractivity contribution in [1.29, 1.82) is 0 Å². The molecule has 1 aromatic rings. The van der Waals surface area contributed by atoms with E-state index in [1.807, 2.05) is 19.1 Å². The van der Waals surface area contributed by atoms with Gasteiger partial charge in [0.15, 0.2) is 4.30 Å². The Balaban J connectivity index is 0.000000511. The molecule has 1 heterocycles. The fourth-order valence-corrected chi connectivity index (χ4v) is 16.0. The van der Waals surface area contributed by atoms with Crippen molar-refractivity contribution in [3.8, 4) is 0 Å². The molecule has 1 saturated heterocycles. The quantitative estimate of drug-likeness (QED) is 0.443. The van der Waals surface area contributed by atoms with Crippen LogP contribution in [-0.2, 0) is 10.0 Å². The summed E-state index contributed by atoms with van der Waals surface area (Å²) in [6, 6.07) is 6.77. The Morgan fingerprint density at radius 2 is 1.84 bits per heavy atom. The minimum atomic E-state index is -3.51. The van der Waals surface area contributed by atoms with Crippen molar-refractivity contribution < 1.29 is 13.5 Å². The largest absolute Gasteiger partial charge is 0.180 e. The van der Waals surface area contributed by atoms with Crippen molar-refractivity contribution in [2.24, 2.45) is 0 Å². The number of aryl methyl sites for hydroxylation is 1. The van der Waals surface area contributed by atoms with E-state index in [2.05, 4.69) is 11.6 Å². The molecule has 2 N–H and O–H groups in total. The molecule has 1 aromatic carbocycles. The molecule has 2 bridgehead atoms. The van der Waals surface area contributed by atoms with Crippen LogP contribution in [0.3, 0.4) is 0 Å². The van der Waals surface area contributed by atoms with Crippen LogP contribution in [0.5, 0.6) is 0 Å². The number of aliphatic hydroxyl groups excluding tert-OH is 1. The number of benzene rings is 1. The van der Waals surface area contributed by atoms with Crippen molar-refractivity contribution in [2.75, 3.05) is 0 Å². The van der Waals surface area contributed by atoms with Crippen molar-refractivity contribution in [3.63, 3.8) is 0 Å². The zero-order valence-electron chi connectivity index (χ0n) is 13.7. The van der Waals surface area contributed by atoms with E-state index in [9.17, 15) is 13.5 Å². The van der Waals surface area contributed by atoms with Crippen molar-refractivity contribution in [1.82, 2.24) is 4.72 Å². The van der Waals surface area contributed by atoms with Crippen molar-refractivity contribution in [3.05, 3.63) is 29.8 Å². The third kappa shape index (κ3) is 5.99. The van der Waals surface area contributed by atoms with E-state index < -0.39 is 14.3 Å². The van der Waals surface area contributed by atoms with Crippen LogP contribution in [0.15, 0.2) is 29.2 Å². The fraction of sp³-hybridized carbons (Fsp3) is 0.600. The van der Waals surface area contributed by atoms with E-state index in [0.29, 0.717) is 42.4 Å². The summed E-state index contributed by atoms with van der Waals surface area (Å²) in [7, 11) is -3.51. The Morgan fingerprint density at radius 1 is 1.28 bits per heavy atom. The molecule has 3 rings (SSSR count). The van der Waals surface area contributed by atoms with Crippen LogP contribution in [0, 0.1) is 6.92 Å². The summed E-state index contributed by atoms with van der Waals surface area (Å²) >= 11 is 15.4. The number of sulfonamides is 1. The molecule has 4 atom stereocenters. The number of aliphatic hydroxyl groups is 1. The van der Waals surface area contributed by atoms with E-state index in [0.717, 1.165) is 12.0 Å². The molecular formula is C15H20Cl3NO3SSe2. The minimum absolute atomic E-state index is 0.0642. The van der Waals surface area contributed by atoms with E-state index >= 15 is 0 Å². The SMILES string of the molecule is Cc1ccc(S(=O)(=O)N[C@H]2C[C@@H](O)[C@H]3C[C@]2(C)[Se][Se]3)cc1.ClC(Cl)Cl. The first-order valence-corrected chi connectivity index (χ1v) is 16.5. The summed E-state index contributed by atoms with van der Waals surface area (Å²) in [6.07, 6.45) is 1.18. The second-order valence-corrected chi connectivity index (χ2v) is 17.9. The standard InChI is InChI=1S/C14H19NO3SSe2.CHCl3/c1-9-3-5-10(6-4-9)19(17,18)15-13-7-11(16)12-8-14(13,2)21-20-12;2-1(3)4/h3-6,11-13,15-16H,7-8H2,1-2H3;1H/t11-,12-,13+,14+;/m1./s1. The number of rotatable bonds is 3. The zero-order chi connectivity index (χ0) is 18.8. The summed E-state index contributed by atoms with van der Waals surface area (Å²) in [5, 5.41) is 10.2. The molecule has 0 unspecified atom stereocenters. The maximum atomic E-state index is 12.6. The van der Waals surface area contributed by atoms with Crippen molar-refractivity contribution in [2.45, 2.75) is 57.2 Å². The first-order chi connectivity index (χ1) is 11.5. The number of halogens is 3. The van der Waals surface area contributed by atoms with Gasteiger partial charge in [-0.15, -0.1) is 0 Å². The predicted molar refractivity (Wildman–Crippen MR) is 106 cm³/mol. The molecule has 4 nitrogen and oxygen atoms in total. The third-order valence-corrected chi connectivity index (χ3v) is 17.1. The Bertz CT molecular complexity index is 687. The molecule has 1 aliphatic heterocycles. The van der Waals surface area contributed by atoms with Gasteiger partial charge in [-0.3, -0.25) is 0 Å². The van der Waals surface area contributed by atoms with Crippen LogP contribution < -0.4 is 4.72 Å². The second kappa shape index (κ2) is 9.00. The molecule has 1 saturated carbocycles. The van der Waals surface area contributed by atoms with E-state index in [1.54, 1.807) is 12.1 Å². The number of nitrogens with one attached hydrogen (secondary N) is 1. The average molecular weight is 559 g/mol. The monoisotopic (exact) mass is 559 g/mol. The Hall–Kier alpha value is 0.999. The van der Waals surface area contributed by atoms with Crippen LogP contribution in [0.4, 0.5) is 0 Å². The molecule has 0 aromatic heterocycles. The van der Waals surface area contributed by atoms with E-state index in [4.69, 9.17) is 34.8 Å². The minimum Gasteiger partial charge on any atom is -0.0874 e. The maximum absolute atomic E-state index is 12.6.